The van der Waals surface area contributed by atoms with E-state index in [-0.39, 0.29) is 5.75 Å². The maximum Gasteiger partial charge on any atom is 0.343 e. The lowest BCUT2D eigenvalue weighted by atomic mass is 10.0. The molecule has 0 saturated heterocycles. The number of esters is 1. The van der Waals surface area contributed by atoms with Crippen LogP contribution in [0, 0.1) is 0 Å². The van der Waals surface area contributed by atoms with Gasteiger partial charge in [0.15, 0.2) is 11.5 Å². The predicted octanol–water partition coefficient (Wildman–Crippen LogP) is 5.44. The van der Waals surface area contributed by atoms with Crippen LogP contribution in [0.4, 0.5) is 0 Å². The standard InChI is InChI=1S/C25H20O4/c1-2-28-24-15-17(8-13-22(24)26)14-21-16-23(29-25(21)27)20-11-9-19(10-12-20)18-6-4-3-5-7-18/h3-16,26H,2H2,1H3/b21-14-. The van der Waals surface area contributed by atoms with Crippen LogP contribution in [-0.4, -0.2) is 17.7 Å². The van der Waals surface area contributed by atoms with E-state index in [1.54, 1.807) is 30.4 Å². The minimum atomic E-state index is -0.404. The van der Waals surface area contributed by atoms with Gasteiger partial charge >= 0.3 is 5.97 Å². The van der Waals surface area contributed by atoms with Gasteiger partial charge < -0.3 is 14.6 Å². The molecule has 0 aliphatic carbocycles. The van der Waals surface area contributed by atoms with Crippen LogP contribution in [0.3, 0.4) is 0 Å². The van der Waals surface area contributed by atoms with Crippen molar-refractivity contribution in [1.82, 2.24) is 0 Å². The number of benzene rings is 3. The summed E-state index contributed by atoms with van der Waals surface area (Å²) in [6.45, 7) is 2.29. The highest BCUT2D eigenvalue weighted by Gasteiger charge is 2.22. The fourth-order valence-corrected chi connectivity index (χ4v) is 3.16. The third-order valence-corrected chi connectivity index (χ3v) is 4.61. The van der Waals surface area contributed by atoms with Crippen molar-refractivity contribution in [3.63, 3.8) is 0 Å². The Kier molecular flexibility index (Phi) is 5.16. The van der Waals surface area contributed by atoms with Gasteiger partial charge in [-0.25, -0.2) is 4.79 Å². The smallest absolute Gasteiger partial charge is 0.343 e. The molecule has 3 aromatic rings. The van der Waals surface area contributed by atoms with Crippen LogP contribution in [0.1, 0.15) is 18.1 Å². The summed E-state index contributed by atoms with van der Waals surface area (Å²) < 4.78 is 10.8. The van der Waals surface area contributed by atoms with E-state index >= 15 is 0 Å². The molecule has 0 bridgehead atoms. The zero-order chi connectivity index (χ0) is 20.2. The monoisotopic (exact) mass is 384 g/mol. The molecule has 0 spiro atoms. The largest absolute Gasteiger partial charge is 0.504 e. The molecular weight excluding hydrogens is 364 g/mol. The second kappa shape index (κ2) is 8.07. The minimum absolute atomic E-state index is 0.0673. The number of carbonyl (C=O) groups is 1. The first-order chi connectivity index (χ1) is 14.1. The van der Waals surface area contributed by atoms with Crippen LogP contribution in [0.25, 0.3) is 23.0 Å². The Balaban J connectivity index is 1.59. The first kappa shape index (κ1) is 18.6. The molecule has 29 heavy (non-hydrogen) atoms. The number of rotatable bonds is 5. The minimum Gasteiger partial charge on any atom is -0.504 e. The van der Waals surface area contributed by atoms with Crippen molar-refractivity contribution in [3.05, 3.63) is 95.6 Å². The molecule has 1 aliphatic heterocycles. The van der Waals surface area contributed by atoms with Gasteiger partial charge in [0.05, 0.1) is 12.2 Å². The molecule has 0 unspecified atom stereocenters. The molecule has 4 rings (SSSR count). The van der Waals surface area contributed by atoms with Crippen molar-refractivity contribution in [2.24, 2.45) is 0 Å². The summed E-state index contributed by atoms with van der Waals surface area (Å²) in [5.74, 6) is 0.564. The van der Waals surface area contributed by atoms with Crippen LogP contribution in [0.5, 0.6) is 11.5 Å². The van der Waals surface area contributed by atoms with Crippen molar-refractivity contribution < 1.29 is 19.4 Å². The third kappa shape index (κ3) is 4.06. The average molecular weight is 384 g/mol. The summed E-state index contributed by atoms with van der Waals surface area (Å²) in [4.78, 5) is 12.3. The molecule has 1 N–H and O–H groups in total. The van der Waals surface area contributed by atoms with Crippen molar-refractivity contribution in [3.8, 4) is 22.6 Å². The van der Waals surface area contributed by atoms with Gasteiger partial charge in [0.2, 0.25) is 0 Å². The Hall–Kier alpha value is -3.79. The Labute approximate surface area is 169 Å². The molecule has 3 aromatic carbocycles. The normalized spacial score (nSPS) is 14.6. The van der Waals surface area contributed by atoms with Gasteiger partial charge in [0.25, 0.3) is 0 Å². The zero-order valence-corrected chi connectivity index (χ0v) is 16.0. The molecular formula is C25H20O4. The Morgan fingerprint density at radius 3 is 2.34 bits per heavy atom. The van der Waals surface area contributed by atoms with Gasteiger partial charge in [-0.1, -0.05) is 60.7 Å². The summed E-state index contributed by atoms with van der Waals surface area (Å²) in [6.07, 6.45) is 3.45. The molecule has 1 heterocycles. The number of hydrogen-bond acceptors (Lipinski definition) is 4. The number of phenols is 1. The predicted molar refractivity (Wildman–Crippen MR) is 113 cm³/mol. The second-order valence-corrected chi connectivity index (χ2v) is 6.60. The van der Waals surface area contributed by atoms with Gasteiger partial charge in [0, 0.05) is 5.56 Å². The van der Waals surface area contributed by atoms with E-state index in [1.807, 2.05) is 49.4 Å². The highest BCUT2D eigenvalue weighted by Crippen LogP contribution is 2.31. The molecule has 0 amide bonds. The second-order valence-electron chi connectivity index (χ2n) is 6.60. The maximum atomic E-state index is 12.3. The Morgan fingerprint density at radius 2 is 1.62 bits per heavy atom. The molecule has 0 aromatic heterocycles. The summed E-state index contributed by atoms with van der Waals surface area (Å²) in [5, 5.41) is 9.83. The van der Waals surface area contributed by atoms with Gasteiger partial charge in [0.1, 0.15) is 5.76 Å². The molecule has 4 nitrogen and oxygen atoms in total. The Bertz CT molecular complexity index is 1090. The van der Waals surface area contributed by atoms with Gasteiger partial charge in [-0.15, -0.1) is 0 Å². The fraction of sp³-hybridized carbons (Fsp3) is 0.0800. The zero-order valence-electron chi connectivity index (χ0n) is 16.0. The molecule has 4 heteroatoms. The number of hydrogen-bond donors (Lipinski definition) is 1. The number of aromatic hydroxyl groups is 1. The van der Waals surface area contributed by atoms with Crippen molar-refractivity contribution in [2.75, 3.05) is 6.61 Å². The molecule has 0 fully saturated rings. The first-order valence-corrected chi connectivity index (χ1v) is 9.41. The topological polar surface area (TPSA) is 55.8 Å². The maximum absolute atomic E-state index is 12.3. The van der Waals surface area contributed by atoms with E-state index in [0.717, 1.165) is 22.3 Å². The van der Waals surface area contributed by atoms with E-state index in [4.69, 9.17) is 9.47 Å². The van der Waals surface area contributed by atoms with Gasteiger partial charge in [-0.3, -0.25) is 0 Å². The van der Waals surface area contributed by atoms with Crippen molar-refractivity contribution in [1.29, 1.82) is 0 Å². The number of ether oxygens (including phenoxy) is 2. The highest BCUT2D eigenvalue weighted by atomic mass is 16.5. The van der Waals surface area contributed by atoms with Crippen LogP contribution < -0.4 is 4.74 Å². The number of phenolic OH excluding ortho intramolecular Hbond substituents is 1. The van der Waals surface area contributed by atoms with E-state index in [1.165, 1.54) is 0 Å². The van der Waals surface area contributed by atoms with E-state index < -0.39 is 5.97 Å². The van der Waals surface area contributed by atoms with Crippen molar-refractivity contribution in [2.45, 2.75) is 6.92 Å². The first-order valence-electron chi connectivity index (χ1n) is 9.41. The molecule has 144 valence electrons. The summed E-state index contributed by atoms with van der Waals surface area (Å²) >= 11 is 0. The lowest BCUT2D eigenvalue weighted by Crippen LogP contribution is -1.97. The van der Waals surface area contributed by atoms with Crippen molar-refractivity contribution >= 4 is 17.8 Å². The average Bonchev–Trinajstić information content (AvgIpc) is 3.12. The molecule has 1 aliphatic rings. The van der Waals surface area contributed by atoms with Crippen LogP contribution in [0.2, 0.25) is 0 Å². The Morgan fingerprint density at radius 1 is 0.931 bits per heavy atom. The number of cyclic esters (lactones) is 1. The van der Waals surface area contributed by atoms with E-state index in [2.05, 4.69) is 12.1 Å². The highest BCUT2D eigenvalue weighted by molar-refractivity contribution is 6.05. The number of carbonyl (C=O) groups excluding carboxylic acids is 1. The summed E-state index contributed by atoms with van der Waals surface area (Å²) in [6, 6.07) is 23.0. The lowest BCUT2D eigenvalue weighted by molar-refractivity contribution is -0.130. The third-order valence-electron chi connectivity index (χ3n) is 4.61. The lowest BCUT2D eigenvalue weighted by Gasteiger charge is -2.06. The van der Waals surface area contributed by atoms with E-state index in [9.17, 15) is 9.90 Å². The summed E-state index contributed by atoms with van der Waals surface area (Å²) in [5.41, 5.74) is 4.26. The molecule has 0 radical (unpaired) electrons. The van der Waals surface area contributed by atoms with E-state index in [0.29, 0.717) is 23.7 Å². The van der Waals surface area contributed by atoms with Crippen LogP contribution in [0.15, 0.2) is 84.4 Å². The van der Waals surface area contributed by atoms with Gasteiger partial charge in [-0.2, -0.15) is 0 Å². The molecule has 0 atom stereocenters. The quantitative estimate of drug-likeness (QED) is 0.470. The summed E-state index contributed by atoms with van der Waals surface area (Å²) in [7, 11) is 0. The van der Waals surface area contributed by atoms with Gasteiger partial charge in [-0.05, 0) is 47.9 Å². The van der Waals surface area contributed by atoms with Crippen LogP contribution in [-0.2, 0) is 9.53 Å². The molecule has 0 saturated carbocycles. The van der Waals surface area contributed by atoms with Crippen LogP contribution >= 0.6 is 0 Å². The SMILES string of the molecule is CCOc1cc(/C=C2/C=C(c3ccc(-c4ccccc4)cc3)OC2=O)ccc1O. The fourth-order valence-electron chi connectivity index (χ4n) is 3.16.